The fraction of sp³-hybridized carbons (Fsp3) is 0.125. The van der Waals surface area contributed by atoms with E-state index in [-0.39, 0.29) is 11.3 Å². The van der Waals surface area contributed by atoms with Crippen LogP contribution in [0.15, 0.2) is 18.2 Å². The fourth-order valence-electron chi connectivity index (χ4n) is 0.793. The van der Waals surface area contributed by atoms with Gasteiger partial charge in [0, 0.05) is 11.3 Å². The van der Waals surface area contributed by atoms with Crippen molar-refractivity contribution >= 4 is 5.71 Å². The normalized spacial score (nSPS) is 9.73. The van der Waals surface area contributed by atoms with E-state index in [2.05, 4.69) is 0 Å². The molecule has 0 bridgehead atoms. The van der Waals surface area contributed by atoms with Crippen LogP contribution >= 0.6 is 0 Å². The third kappa shape index (κ3) is 1.42. The molecule has 0 aromatic heterocycles. The molecule has 0 saturated heterocycles. The topological polar surface area (TPSA) is 23.9 Å². The van der Waals surface area contributed by atoms with Gasteiger partial charge in [-0.1, -0.05) is 12.1 Å². The van der Waals surface area contributed by atoms with Crippen molar-refractivity contribution in [2.45, 2.75) is 6.92 Å². The molecule has 0 aliphatic heterocycles. The summed E-state index contributed by atoms with van der Waals surface area (Å²) in [7, 11) is 0. The van der Waals surface area contributed by atoms with Crippen LogP contribution in [0, 0.1) is 17.0 Å². The minimum Gasteiger partial charge on any atom is -0.305 e. The summed E-state index contributed by atoms with van der Waals surface area (Å²) in [6.45, 7) is 1.41. The van der Waals surface area contributed by atoms with E-state index in [0.717, 1.165) is 6.07 Å². The highest BCUT2D eigenvalue weighted by atomic mass is 19.2. The van der Waals surface area contributed by atoms with Crippen molar-refractivity contribution in [3.63, 3.8) is 0 Å². The lowest BCUT2D eigenvalue weighted by molar-refractivity contribution is 0.507. The quantitative estimate of drug-likeness (QED) is 0.602. The number of rotatable bonds is 1. The van der Waals surface area contributed by atoms with E-state index in [1.165, 1.54) is 19.1 Å². The summed E-state index contributed by atoms with van der Waals surface area (Å²) in [5.41, 5.74) is 0.0481. The summed E-state index contributed by atoms with van der Waals surface area (Å²) in [6, 6.07) is 3.79. The monoisotopic (exact) mass is 155 g/mol. The second-order valence-corrected chi connectivity index (χ2v) is 2.23. The first-order valence-electron chi connectivity index (χ1n) is 3.12. The lowest BCUT2D eigenvalue weighted by atomic mass is 10.1. The summed E-state index contributed by atoms with van der Waals surface area (Å²) in [5, 5.41) is 7.07. The van der Waals surface area contributed by atoms with Crippen LogP contribution in [0.4, 0.5) is 8.78 Å². The largest absolute Gasteiger partial charge is 0.305 e. The molecule has 0 spiro atoms. The van der Waals surface area contributed by atoms with Gasteiger partial charge in [-0.2, -0.15) is 0 Å². The minimum atomic E-state index is -0.944. The Bertz CT molecular complexity index is 294. The van der Waals surface area contributed by atoms with Gasteiger partial charge in [0.1, 0.15) is 0 Å². The smallest absolute Gasteiger partial charge is 0.167 e. The van der Waals surface area contributed by atoms with E-state index in [9.17, 15) is 8.78 Å². The molecule has 0 radical (unpaired) electrons. The average molecular weight is 155 g/mol. The Labute approximate surface area is 63.2 Å². The van der Waals surface area contributed by atoms with Crippen molar-refractivity contribution in [2.75, 3.05) is 0 Å². The molecule has 0 unspecified atom stereocenters. The van der Waals surface area contributed by atoms with E-state index in [0.29, 0.717) is 0 Å². The molecule has 0 aliphatic rings. The zero-order valence-electron chi connectivity index (χ0n) is 5.99. The second-order valence-electron chi connectivity index (χ2n) is 2.23. The van der Waals surface area contributed by atoms with Crippen molar-refractivity contribution < 1.29 is 8.78 Å². The van der Waals surface area contributed by atoms with Gasteiger partial charge in [0.2, 0.25) is 0 Å². The van der Waals surface area contributed by atoms with Gasteiger partial charge in [0.05, 0.1) is 0 Å². The standard InChI is InChI=1S/C8H7F2N/c1-5(11)6-3-2-4-7(9)8(6)10/h2-4,11H,1H3. The molecule has 0 heterocycles. The molecule has 0 atom stereocenters. The van der Waals surface area contributed by atoms with E-state index >= 15 is 0 Å². The molecular formula is C8H7F2N. The van der Waals surface area contributed by atoms with Crippen LogP contribution in [0.2, 0.25) is 0 Å². The first-order valence-corrected chi connectivity index (χ1v) is 3.12. The molecule has 1 rings (SSSR count). The van der Waals surface area contributed by atoms with Gasteiger partial charge in [-0.15, -0.1) is 0 Å². The maximum absolute atomic E-state index is 12.7. The summed E-state index contributed by atoms with van der Waals surface area (Å²) in [6.07, 6.45) is 0. The second kappa shape index (κ2) is 2.78. The molecule has 1 N–H and O–H groups in total. The van der Waals surface area contributed by atoms with Crippen LogP contribution in [0.3, 0.4) is 0 Å². The Hall–Kier alpha value is -1.25. The molecule has 1 nitrogen and oxygen atoms in total. The summed E-state index contributed by atoms with van der Waals surface area (Å²) >= 11 is 0. The van der Waals surface area contributed by atoms with Crippen molar-refractivity contribution in [3.8, 4) is 0 Å². The first-order chi connectivity index (χ1) is 5.13. The predicted octanol–water partition coefficient (Wildman–Crippen LogP) is 2.35. The lowest BCUT2D eigenvalue weighted by Crippen LogP contribution is -1.98. The minimum absolute atomic E-state index is 0.0185. The molecule has 3 heteroatoms. The number of hydrogen-bond acceptors (Lipinski definition) is 1. The Balaban J connectivity index is 3.27. The highest BCUT2D eigenvalue weighted by Gasteiger charge is 2.07. The van der Waals surface area contributed by atoms with Gasteiger partial charge >= 0.3 is 0 Å². The van der Waals surface area contributed by atoms with Gasteiger partial charge < -0.3 is 5.41 Å². The van der Waals surface area contributed by atoms with Crippen LogP contribution in [0.25, 0.3) is 0 Å². The fourth-order valence-corrected chi connectivity index (χ4v) is 0.793. The van der Waals surface area contributed by atoms with Gasteiger partial charge in [0.25, 0.3) is 0 Å². The molecule has 0 aliphatic carbocycles. The zero-order valence-corrected chi connectivity index (χ0v) is 5.99. The SMILES string of the molecule is CC(=N)c1cccc(F)c1F. The van der Waals surface area contributed by atoms with Crippen LogP contribution < -0.4 is 0 Å². The molecule has 58 valence electrons. The van der Waals surface area contributed by atoms with Crippen molar-refractivity contribution in [3.05, 3.63) is 35.4 Å². The number of hydrogen-bond donors (Lipinski definition) is 1. The molecular weight excluding hydrogens is 148 g/mol. The van der Waals surface area contributed by atoms with E-state index in [1.807, 2.05) is 0 Å². The van der Waals surface area contributed by atoms with Gasteiger partial charge in [-0.05, 0) is 13.0 Å². The summed E-state index contributed by atoms with van der Waals surface area (Å²) in [5.74, 6) is -1.85. The molecule has 0 amide bonds. The molecule has 1 aromatic rings. The Morgan fingerprint density at radius 3 is 2.45 bits per heavy atom. The van der Waals surface area contributed by atoms with Crippen molar-refractivity contribution in [1.82, 2.24) is 0 Å². The van der Waals surface area contributed by atoms with Crippen LogP contribution in [-0.2, 0) is 0 Å². The van der Waals surface area contributed by atoms with E-state index < -0.39 is 11.6 Å². The highest BCUT2D eigenvalue weighted by molar-refractivity contribution is 5.96. The molecule has 0 fully saturated rings. The third-order valence-electron chi connectivity index (χ3n) is 1.36. The maximum Gasteiger partial charge on any atom is 0.167 e. The zero-order chi connectivity index (χ0) is 8.43. The average Bonchev–Trinajstić information content (AvgIpc) is 1.94. The number of benzene rings is 1. The van der Waals surface area contributed by atoms with Crippen LogP contribution in [0.5, 0.6) is 0 Å². The van der Waals surface area contributed by atoms with Gasteiger partial charge in [0.15, 0.2) is 11.6 Å². The van der Waals surface area contributed by atoms with Crippen LogP contribution in [-0.4, -0.2) is 5.71 Å². The van der Waals surface area contributed by atoms with Crippen molar-refractivity contribution in [2.24, 2.45) is 0 Å². The predicted molar refractivity (Wildman–Crippen MR) is 38.9 cm³/mol. The van der Waals surface area contributed by atoms with E-state index in [4.69, 9.17) is 5.41 Å². The maximum atomic E-state index is 12.7. The highest BCUT2D eigenvalue weighted by Crippen LogP contribution is 2.11. The van der Waals surface area contributed by atoms with E-state index in [1.54, 1.807) is 0 Å². The van der Waals surface area contributed by atoms with Gasteiger partial charge in [-0.3, -0.25) is 0 Å². The molecule has 0 saturated carbocycles. The Morgan fingerprint density at radius 2 is 2.00 bits per heavy atom. The number of halogens is 2. The van der Waals surface area contributed by atoms with Gasteiger partial charge in [-0.25, -0.2) is 8.78 Å². The summed E-state index contributed by atoms with van der Waals surface area (Å²) in [4.78, 5) is 0. The lowest BCUT2D eigenvalue weighted by Gasteiger charge is -1.99. The van der Waals surface area contributed by atoms with Crippen molar-refractivity contribution in [1.29, 1.82) is 5.41 Å². The number of nitrogens with one attached hydrogen (secondary N) is 1. The molecule has 1 aromatic carbocycles. The Morgan fingerprint density at radius 1 is 1.36 bits per heavy atom. The Kier molecular flexibility index (Phi) is 1.98. The van der Waals surface area contributed by atoms with Crippen LogP contribution in [0.1, 0.15) is 12.5 Å². The first kappa shape index (κ1) is 7.85. The third-order valence-corrected chi connectivity index (χ3v) is 1.36. The molecule has 11 heavy (non-hydrogen) atoms. The summed E-state index contributed by atoms with van der Waals surface area (Å²) < 4.78 is 25.2.